The summed E-state index contributed by atoms with van der Waals surface area (Å²) < 4.78 is 4.56. The van der Waals surface area contributed by atoms with Gasteiger partial charge in [0.2, 0.25) is 0 Å². The van der Waals surface area contributed by atoms with Crippen LogP contribution in [-0.4, -0.2) is 9.31 Å². The first-order chi connectivity index (χ1) is 6.95. The summed E-state index contributed by atoms with van der Waals surface area (Å²) in [6.45, 7) is 0. The molecule has 2 aromatic rings. The van der Waals surface area contributed by atoms with Crippen molar-refractivity contribution in [3.63, 3.8) is 0 Å². The van der Waals surface area contributed by atoms with Crippen LogP contribution in [0.25, 0.3) is 11.1 Å². The van der Waals surface area contributed by atoms with Gasteiger partial charge in [-0.3, -0.25) is 4.63 Å². The minimum atomic E-state index is 0.565. The second-order valence-electron chi connectivity index (χ2n) is 3.29. The van der Waals surface area contributed by atoms with Gasteiger partial charge in [0.1, 0.15) is 0 Å². The highest BCUT2D eigenvalue weighted by Crippen LogP contribution is 2.30. The third-order valence-corrected chi connectivity index (χ3v) is 3.45. The van der Waals surface area contributed by atoms with Gasteiger partial charge in [-0.2, -0.15) is 0 Å². The molecule has 3 rings (SSSR count). The standard InChI is InChI=1S/C12H8NSi/c1-3-7-11-9(5-1)10-6-2-4-8-12(10)14-13-11/h1-8H. The van der Waals surface area contributed by atoms with Gasteiger partial charge in [0.15, 0.2) is 9.31 Å². The van der Waals surface area contributed by atoms with Crippen LogP contribution in [0.1, 0.15) is 0 Å². The highest BCUT2D eigenvalue weighted by molar-refractivity contribution is 6.47. The normalized spacial score (nSPS) is 12.0. The van der Waals surface area contributed by atoms with E-state index in [1.807, 2.05) is 6.07 Å². The molecule has 14 heavy (non-hydrogen) atoms. The number of rotatable bonds is 0. The number of fused-ring (bicyclic) bond motifs is 3. The van der Waals surface area contributed by atoms with Crippen LogP contribution < -0.4 is 5.19 Å². The van der Waals surface area contributed by atoms with E-state index in [0.29, 0.717) is 9.31 Å². The maximum Gasteiger partial charge on any atom is 0.197 e. The van der Waals surface area contributed by atoms with E-state index < -0.39 is 0 Å². The molecule has 0 aromatic heterocycles. The first-order valence-electron chi connectivity index (χ1n) is 4.60. The van der Waals surface area contributed by atoms with Crippen LogP contribution in [0.5, 0.6) is 0 Å². The second kappa shape index (κ2) is 2.99. The zero-order chi connectivity index (χ0) is 9.38. The summed E-state index contributed by atoms with van der Waals surface area (Å²) in [6.07, 6.45) is 0. The molecule has 65 valence electrons. The molecule has 0 saturated heterocycles. The molecule has 1 heterocycles. The predicted molar refractivity (Wildman–Crippen MR) is 59.4 cm³/mol. The first-order valence-corrected chi connectivity index (χ1v) is 5.55. The average Bonchev–Trinajstić information content (AvgIpc) is 2.29. The Morgan fingerprint density at radius 2 is 1.50 bits per heavy atom. The molecule has 0 unspecified atom stereocenters. The van der Waals surface area contributed by atoms with E-state index in [1.54, 1.807) is 0 Å². The summed E-state index contributed by atoms with van der Waals surface area (Å²) in [7, 11) is 0.565. The second-order valence-corrected chi connectivity index (χ2v) is 4.27. The Morgan fingerprint density at radius 1 is 0.786 bits per heavy atom. The smallest absolute Gasteiger partial charge is 0.197 e. The Balaban J connectivity index is 2.36. The van der Waals surface area contributed by atoms with Gasteiger partial charge in [0.05, 0.1) is 5.69 Å². The van der Waals surface area contributed by atoms with Crippen LogP contribution in [0.2, 0.25) is 0 Å². The molecule has 0 amide bonds. The molecule has 1 radical (unpaired) electrons. The lowest BCUT2D eigenvalue weighted by Gasteiger charge is -2.12. The quantitative estimate of drug-likeness (QED) is 0.488. The molecule has 0 bridgehead atoms. The van der Waals surface area contributed by atoms with Crippen LogP contribution in [-0.2, 0) is 0 Å². The maximum atomic E-state index is 4.56. The van der Waals surface area contributed by atoms with Crippen molar-refractivity contribution in [1.29, 1.82) is 0 Å². The highest BCUT2D eigenvalue weighted by Gasteiger charge is 2.10. The molecule has 0 spiro atoms. The Bertz CT molecular complexity index is 470. The van der Waals surface area contributed by atoms with Gasteiger partial charge in [-0.1, -0.05) is 42.5 Å². The molecule has 1 aliphatic rings. The lowest BCUT2D eigenvalue weighted by molar-refractivity contribution is 1.52. The molecule has 1 nitrogen and oxygen atoms in total. The number of hydrogen-bond acceptors (Lipinski definition) is 1. The van der Waals surface area contributed by atoms with Crippen molar-refractivity contribution in [2.45, 2.75) is 0 Å². The average molecular weight is 194 g/mol. The van der Waals surface area contributed by atoms with Crippen LogP contribution in [0.3, 0.4) is 0 Å². The van der Waals surface area contributed by atoms with Crippen LogP contribution in [0, 0.1) is 0 Å². The van der Waals surface area contributed by atoms with Gasteiger partial charge in [-0.15, -0.1) is 0 Å². The Labute approximate surface area is 85.0 Å². The first kappa shape index (κ1) is 7.82. The van der Waals surface area contributed by atoms with Crippen molar-refractivity contribution in [3.8, 4) is 11.1 Å². The zero-order valence-corrected chi connectivity index (χ0v) is 8.57. The molecule has 0 saturated carbocycles. The fourth-order valence-electron chi connectivity index (χ4n) is 1.73. The van der Waals surface area contributed by atoms with Gasteiger partial charge in [0.25, 0.3) is 0 Å². The fourth-order valence-corrected chi connectivity index (χ4v) is 2.68. The molecule has 0 fully saturated rings. The van der Waals surface area contributed by atoms with Crippen LogP contribution in [0.4, 0.5) is 5.69 Å². The van der Waals surface area contributed by atoms with Gasteiger partial charge in [0, 0.05) is 5.56 Å². The number of nitrogens with zero attached hydrogens (tertiary/aromatic N) is 1. The minimum absolute atomic E-state index is 0.565. The molecular formula is C12H8NSi. The molecule has 2 aromatic carbocycles. The van der Waals surface area contributed by atoms with E-state index in [1.165, 1.54) is 16.3 Å². The lowest BCUT2D eigenvalue weighted by atomic mass is 10.0. The number of hydrogen-bond donors (Lipinski definition) is 0. The fraction of sp³-hybridized carbons (Fsp3) is 0. The van der Waals surface area contributed by atoms with Gasteiger partial charge >= 0.3 is 0 Å². The van der Waals surface area contributed by atoms with Crippen molar-refractivity contribution in [1.82, 2.24) is 0 Å². The summed E-state index contributed by atoms with van der Waals surface area (Å²) in [6, 6.07) is 16.8. The van der Waals surface area contributed by atoms with E-state index in [2.05, 4.69) is 47.1 Å². The van der Waals surface area contributed by atoms with Crippen molar-refractivity contribution >= 4 is 20.2 Å². The minimum Gasteiger partial charge on any atom is -0.294 e. The molecule has 1 aliphatic heterocycles. The lowest BCUT2D eigenvalue weighted by Crippen LogP contribution is -2.12. The van der Waals surface area contributed by atoms with Crippen LogP contribution >= 0.6 is 0 Å². The summed E-state index contributed by atoms with van der Waals surface area (Å²) in [5.74, 6) is 0. The molecular weight excluding hydrogens is 186 g/mol. The van der Waals surface area contributed by atoms with Crippen molar-refractivity contribution in [2.75, 3.05) is 0 Å². The molecule has 0 aliphatic carbocycles. The monoisotopic (exact) mass is 194 g/mol. The third-order valence-electron chi connectivity index (χ3n) is 2.42. The van der Waals surface area contributed by atoms with Gasteiger partial charge in [-0.25, -0.2) is 0 Å². The van der Waals surface area contributed by atoms with Crippen molar-refractivity contribution in [3.05, 3.63) is 48.5 Å². The van der Waals surface area contributed by atoms with E-state index in [-0.39, 0.29) is 0 Å². The molecule has 2 heteroatoms. The van der Waals surface area contributed by atoms with E-state index in [9.17, 15) is 0 Å². The Morgan fingerprint density at radius 3 is 2.43 bits per heavy atom. The summed E-state index contributed by atoms with van der Waals surface area (Å²) in [4.78, 5) is 0. The maximum absolute atomic E-state index is 4.56. The summed E-state index contributed by atoms with van der Waals surface area (Å²) in [5.41, 5.74) is 3.74. The molecule has 0 atom stereocenters. The Kier molecular flexibility index (Phi) is 1.67. The van der Waals surface area contributed by atoms with E-state index in [4.69, 9.17) is 0 Å². The molecule has 0 N–H and O–H groups in total. The van der Waals surface area contributed by atoms with Gasteiger partial charge in [-0.05, 0) is 16.8 Å². The largest absolute Gasteiger partial charge is 0.294 e. The Hall–Kier alpha value is -1.54. The van der Waals surface area contributed by atoms with Crippen molar-refractivity contribution in [2.24, 2.45) is 4.63 Å². The third kappa shape index (κ3) is 1.08. The summed E-state index contributed by atoms with van der Waals surface area (Å²) in [5, 5.41) is 1.35. The number of benzene rings is 2. The van der Waals surface area contributed by atoms with Crippen molar-refractivity contribution < 1.29 is 0 Å². The highest BCUT2D eigenvalue weighted by atomic mass is 28.2. The van der Waals surface area contributed by atoms with Gasteiger partial charge < -0.3 is 0 Å². The summed E-state index contributed by atoms with van der Waals surface area (Å²) >= 11 is 0. The van der Waals surface area contributed by atoms with E-state index in [0.717, 1.165) is 5.69 Å². The van der Waals surface area contributed by atoms with Crippen LogP contribution in [0.15, 0.2) is 53.2 Å². The SMILES string of the molecule is c1ccc2c(c1)N=[Si]c1ccccc1-2. The van der Waals surface area contributed by atoms with E-state index >= 15 is 0 Å². The zero-order valence-electron chi connectivity index (χ0n) is 7.57. The predicted octanol–water partition coefficient (Wildman–Crippen LogP) is 2.51. The topological polar surface area (TPSA) is 12.4 Å².